The van der Waals surface area contributed by atoms with Gasteiger partial charge in [-0.25, -0.2) is 9.55 Å². The Morgan fingerprint density at radius 2 is 1.35 bits per heavy atom. The van der Waals surface area contributed by atoms with Crippen LogP contribution in [0, 0.1) is 13.8 Å². The fourth-order valence-electron chi connectivity index (χ4n) is 4.52. The van der Waals surface area contributed by atoms with Crippen molar-refractivity contribution < 1.29 is 9.30 Å². The molecule has 0 spiro atoms. The Hall–Kier alpha value is -4.24. The summed E-state index contributed by atoms with van der Waals surface area (Å²) in [7, 11) is 2.06. The maximum Gasteiger partial charge on any atom is 0.219 e. The van der Waals surface area contributed by atoms with Crippen LogP contribution in [0.15, 0.2) is 109 Å². The van der Waals surface area contributed by atoms with E-state index in [4.69, 9.17) is 4.74 Å². The first-order valence-electron chi connectivity index (χ1n) is 11.4. The van der Waals surface area contributed by atoms with E-state index in [0.29, 0.717) is 5.88 Å². The van der Waals surface area contributed by atoms with Crippen molar-refractivity contribution >= 4 is 0 Å². The third kappa shape index (κ3) is 4.46. The molecule has 2 aromatic heterocycles. The lowest BCUT2D eigenvalue weighted by Gasteiger charge is -2.16. The average Bonchev–Trinajstić information content (AvgIpc) is 2.85. The number of benzene rings is 3. The van der Waals surface area contributed by atoms with Crippen molar-refractivity contribution in [3.63, 3.8) is 0 Å². The summed E-state index contributed by atoms with van der Waals surface area (Å²) in [4.78, 5) is 4.35. The second kappa shape index (κ2) is 9.32. The molecule has 2 heterocycles. The summed E-state index contributed by atoms with van der Waals surface area (Å²) >= 11 is 0. The van der Waals surface area contributed by atoms with Crippen LogP contribution in [0.25, 0.3) is 33.5 Å². The molecule has 0 amide bonds. The molecule has 34 heavy (non-hydrogen) atoms. The van der Waals surface area contributed by atoms with E-state index in [1.165, 1.54) is 27.8 Å². The molecule has 0 bridgehead atoms. The summed E-state index contributed by atoms with van der Waals surface area (Å²) < 4.78 is 8.32. The molecule has 0 atom stereocenters. The average molecular weight is 444 g/mol. The van der Waals surface area contributed by atoms with Crippen LogP contribution < -0.4 is 9.30 Å². The number of pyridine rings is 2. The summed E-state index contributed by atoms with van der Waals surface area (Å²) in [6.07, 6.45) is 3.81. The van der Waals surface area contributed by atoms with Crippen molar-refractivity contribution in [2.45, 2.75) is 13.8 Å². The Morgan fingerprint density at radius 3 is 2.06 bits per heavy atom. The lowest BCUT2D eigenvalue weighted by Crippen LogP contribution is -2.29. The summed E-state index contributed by atoms with van der Waals surface area (Å²) in [6, 6.07) is 33.4. The van der Waals surface area contributed by atoms with Crippen molar-refractivity contribution in [2.75, 3.05) is 0 Å². The fourth-order valence-corrected chi connectivity index (χ4v) is 4.52. The van der Waals surface area contributed by atoms with Crippen molar-refractivity contribution in [3.05, 3.63) is 121 Å². The van der Waals surface area contributed by atoms with Gasteiger partial charge in [-0.1, -0.05) is 48.5 Å². The molecule has 5 aromatic rings. The number of ether oxygens (including phenoxy) is 1. The third-order valence-corrected chi connectivity index (χ3v) is 6.05. The van der Waals surface area contributed by atoms with Gasteiger partial charge in [-0.2, -0.15) is 0 Å². The molecule has 5 rings (SSSR count). The minimum absolute atomic E-state index is 0.580. The molecule has 166 valence electrons. The second-order valence-electron chi connectivity index (χ2n) is 8.56. The third-order valence-electron chi connectivity index (χ3n) is 6.05. The maximum absolute atomic E-state index is 6.19. The topological polar surface area (TPSA) is 26.0 Å². The lowest BCUT2D eigenvalue weighted by molar-refractivity contribution is -0.660. The predicted molar refractivity (Wildman–Crippen MR) is 138 cm³/mol. The summed E-state index contributed by atoms with van der Waals surface area (Å²) in [5, 5.41) is 0. The Balaban J connectivity index is 1.65. The molecule has 0 fully saturated rings. The van der Waals surface area contributed by atoms with Crippen LogP contribution >= 0.6 is 0 Å². The molecule has 0 saturated heterocycles. The SMILES string of the molecule is Cc1cc(-c2ccccc2)cc(C)c1-c1cc(Oc2ccccn2)cc(-c2cccc[n+]2C)c1. The number of hydrogen-bond donors (Lipinski definition) is 0. The molecule has 0 aliphatic rings. The molecule has 3 aromatic carbocycles. The predicted octanol–water partition coefficient (Wildman–Crippen LogP) is 7.32. The molecule has 0 aliphatic heterocycles. The Bertz CT molecular complexity index is 1420. The zero-order chi connectivity index (χ0) is 23.5. The van der Waals surface area contributed by atoms with Crippen LogP contribution in [0.1, 0.15) is 11.1 Å². The monoisotopic (exact) mass is 443 g/mol. The Kier molecular flexibility index (Phi) is 5.92. The number of hydrogen-bond acceptors (Lipinski definition) is 2. The highest BCUT2D eigenvalue weighted by atomic mass is 16.5. The lowest BCUT2D eigenvalue weighted by atomic mass is 9.90. The largest absolute Gasteiger partial charge is 0.439 e. The molecule has 0 N–H and O–H groups in total. The Labute approximate surface area is 201 Å². The molecule has 0 radical (unpaired) electrons. The molecule has 0 unspecified atom stereocenters. The van der Waals surface area contributed by atoms with Gasteiger partial charge in [0.15, 0.2) is 6.20 Å². The zero-order valence-corrected chi connectivity index (χ0v) is 19.7. The summed E-state index contributed by atoms with van der Waals surface area (Å²) in [5.41, 5.74) is 9.49. The Morgan fingerprint density at radius 1 is 0.647 bits per heavy atom. The fraction of sp³-hybridized carbons (Fsp3) is 0.0968. The van der Waals surface area contributed by atoms with E-state index in [-0.39, 0.29) is 0 Å². The highest BCUT2D eigenvalue weighted by Gasteiger charge is 2.16. The van der Waals surface area contributed by atoms with E-state index in [1.54, 1.807) is 6.20 Å². The van der Waals surface area contributed by atoms with Crippen molar-refractivity contribution in [1.82, 2.24) is 4.98 Å². The van der Waals surface area contributed by atoms with Crippen LogP contribution in [-0.2, 0) is 7.05 Å². The molecule has 3 heteroatoms. The van der Waals surface area contributed by atoms with Gasteiger partial charge >= 0.3 is 0 Å². The van der Waals surface area contributed by atoms with Crippen LogP contribution in [-0.4, -0.2) is 4.98 Å². The molecule has 3 nitrogen and oxygen atoms in total. The molecule has 0 saturated carbocycles. The highest BCUT2D eigenvalue weighted by molar-refractivity contribution is 5.80. The van der Waals surface area contributed by atoms with Crippen LogP contribution in [0.5, 0.6) is 11.6 Å². The summed E-state index contributed by atoms with van der Waals surface area (Å²) in [6.45, 7) is 4.37. The van der Waals surface area contributed by atoms with Crippen molar-refractivity contribution in [2.24, 2.45) is 7.05 Å². The van der Waals surface area contributed by atoms with Gasteiger partial charge in [0.1, 0.15) is 12.8 Å². The first kappa shape index (κ1) is 21.6. The minimum atomic E-state index is 0.580. The number of rotatable bonds is 5. The smallest absolute Gasteiger partial charge is 0.219 e. The van der Waals surface area contributed by atoms with Crippen molar-refractivity contribution in [3.8, 4) is 45.1 Å². The summed E-state index contributed by atoms with van der Waals surface area (Å²) in [5.74, 6) is 1.34. The molecule has 0 aliphatic carbocycles. The van der Waals surface area contributed by atoms with E-state index >= 15 is 0 Å². The van der Waals surface area contributed by atoms with Gasteiger partial charge in [0.2, 0.25) is 11.6 Å². The van der Waals surface area contributed by atoms with Crippen LogP contribution in [0.2, 0.25) is 0 Å². The maximum atomic E-state index is 6.19. The van der Waals surface area contributed by atoms with Crippen LogP contribution in [0.4, 0.5) is 0 Å². The first-order chi connectivity index (χ1) is 16.6. The molecular weight excluding hydrogens is 416 g/mol. The van der Waals surface area contributed by atoms with E-state index in [1.807, 2.05) is 24.3 Å². The van der Waals surface area contributed by atoms with Gasteiger partial charge in [-0.3, -0.25) is 0 Å². The van der Waals surface area contributed by atoms with E-state index in [0.717, 1.165) is 22.6 Å². The zero-order valence-electron chi connectivity index (χ0n) is 19.7. The van der Waals surface area contributed by atoms with E-state index < -0.39 is 0 Å². The normalized spacial score (nSPS) is 10.8. The molecular formula is C31H27N2O+. The van der Waals surface area contributed by atoms with Crippen LogP contribution in [0.3, 0.4) is 0 Å². The van der Waals surface area contributed by atoms with Gasteiger partial charge in [-0.15, -0.1) is 0 Å². The second-order valence-corrected chi connectivity index (χ2v) is 8.56. The van der Waals surface area contributed by atoms with E-state index in [2.05, 4.69) is 109 Å². The van der Waals surface area contributed by atoms with Gasteiger partial charge in [0.05, 0.1) is 5.56 Å². The number of nitrogens with zero attached hydrogens (tertiary/aromatic N) is 2. The van der Waals surface area contributed by atoms with Gasteiger partial charge in [0.25, 0.3) is 0 Å². The van der Waals surface area contributed by atoms with Crippen molar-refractivity contribution in [1.29, 1.82) is 0 Å². The standard InChI is InChI=1S/C31H27N2O/c1-22-17-25(24-11-5-4-6-12-24)18-23(2)31(22)27-19-26(29-13-8-10-16-33(29)3)20-28(21-27)34-30-14-7-9-15-32-30/h4-21H,1-3H3/q+1. The number of aromatic nitrogens is 2. The van der Waals surface area contributed by atoms with Gasteiger partial charge in [-0.05, 0) is 77.6 Å². The highest BCUT2D eigenvalue weighted by Crippen LogP contribution is 2.37. The quantitative estimate of drug-likeness (QED) is 0.266. The minimum Gasteiger partial charge on any atom is -0.439 e. The first-order valence-corrected chi connectivity index (χ1v) is 11.4. The number of aryl methyl sites for hydroxylation is 3. The van der Waals surface area contributed by atoms with E-state index in [9.17, 15) is 0 Å². The van der Waals surface area contributed by atoms with Gasteiger partial charge in [0, 0.05) is 24.4 Å². The van der Waals surface area contributed by atoms with Gasteiger partial charge < -0.3 is 4.74 Å².